The SMILES string of the molecule is Clc1ccc(/C(=N\Oc2ccccc2)C2C3CNCC32)cc1Cl. The van der Waals surface area contributed by atoms with Gasteiger partial charge in [-0.2, -0.15) is 0 Å². The molecule has 2 fully saturated rings. The molecule has 2 aliphatic rings. The Labute approximate surface area is 145 Å². The maximum absolute atomic E-state index is 6.18. The van der Waals surface area contributed by atoms with Crippen molar-refractivity contribution in [3.8, 4) is 5.75 Å². The summed E-state index contributed by atoms with van der Waals surface area (Å²) < 4.78 is 0. The van der Waals surface area contributed by atoms with Gasteiger partial charge >= 0.3 is 0 Å². The van der Waals surface area contributed by atoms with Crippen molar-refractivity contribution in [2.24, 2.45) is 22.9 Å². The van der Waals surface area contributed by atoms with E-state index in [0.29, 0.717) is 27.8 Å². The molecule has 0 amide bonds. The van der Waals surface area contributed by atoms with Crippen LogP contribution in [-0.2, 0) is 0 Å². The molecular formula is C18H16Cl2N2O. The summed E-state index contributed by atoms with van der Waals surface area (Å²) in [6, 6.07) is 15.2. The van der Waals surface area contributed by atoms with E-state index >= 15 is 0 Å². The molecule has 1 heterocycles. The number of benzene rings is 2. The van der Waals surface area contributed by atoms with Crippen molar-refractivity contribution in [1.29, 1.82) is 0 Å². The zero-order chi connectivity index (χ0) is 15.8. The van der Waals surface area contributed by atoms with Crippen LogP contribution in [0.25, 0.3) is 0 Å². The van der Waals surface area contributed by atoms with E-state index < -0.39 is 0 Å². The standard InChI is InChI=1S/C18H16Cl2N2O/c19-15-7-6-11(8-16(15)20)18(17-13-9-21-10-14(13)17)22-23-12-4-2-1-3-5-12/h1-8,13-14,17,21H,9-10H2/b22-18+. The van der Waals surface area contributed by atoms with Gasteiger partial charge < -0.3 is 10.2 Å². The average molecular weight is 347 g/mol. The number of hydrogen-bond donors (Lipinski definition) is 1. The summed E-state index contributed by atoms with van der Waals surface area (Å²) in [4.78, 5) is 5.65. The summed E-state index contributed by atoms with van der Waals surface area (Å²) in [7, 11) is 0. The molecule has 0 aromatic heterocycles. The Morgan fingerprint density at radius 2 is 1.74 bits per heavy atom. The van der Waals surface area contributed by atoms with Gasteiger partial charge in [0, 0.05) is 11.5 Å². The second-order valence-electron chi connectivity index (χ2n) is 6.02. The second kappa shape index (κ2) is 6.16. The highest BCUT2D eigenvalue weighted by Gasteiger charge is 2.55. The van der Waals surface area contributed by atoms with Crippen molar-refractivity contribution in [3.05, 3.63) is 64.1 Å². The summed E-state index contributed by atoms with van der Waals surface area (Å²) in [5, 5.41) is 8.97. The van der Waals surface area contributed by atoms with Crippen LogP contribution in [0.1, 0.15) is 5.56 Å². The smallest absolute Gasteiger partial charge is 0.157 e. The molecule has 4 rings (SSSR count). The predicted octanol–water partition coefficient (Wildman–Crippen LogP) is 4.24. The predicted molar refractivity (Wildman–Crippen MR) is 93.4 cm³/mol. The third kappa shape index (κ3) is 2.97. The number of oxime groups is 1. The van der Waals surface area contributed by atoms with E-state index in [4.69, 9.17) is 28.0 Å². The Hall–Kier alpha value is -1.55. The van der Waals surface area contributed by atoms with Gasteiger partial charge in [-0.25, -0.2) is 0 Å². The van der Waals surface area contributed by atoms with Crippen LogP contribution in [0.15, 0.2) is 53.7 Å². The minimum Gasteiger partial charge on any atom is -0.357 e. The molecule has 118 valence electrons. The van der Waals surface area contributed by atoms with Crippen LogP contribution < -0.4 is 10.2 Å². The van der Waals surface area contributed by atoms with Crippen LogP contribution in [0.5, 0.6) is 5.75 Å². The first-order valence-electron chi connectivity index (χ1n) is 7.70. The van der Waals surface area contributed by atoms with E-state index in [9.17, 15) is 0 Å². The Morgan fingerprint density at radius 3 is 2.43 bits per heavy atom. The fourth-order valence-electron chi connectivity index (χ4n) is 3.37. The molecule has 0 radical (unpaired) electrons. The van der Waals surface area contributed by atoms with Crippen LogP contribution in [0.4, 0.5) is 0 Å². The highest BCUT2D eigenvalue weighted by atomic mass is 35.5. The summed E-state index contributed by atoms with van der Waals surface area (Å²) in [5.74, 6) is 2.44. The van der Waals surface area contributed by atoms with Gasteiger partial charge in [0.05, 0.1) is 15.8 Å². The summed E-state index contributed by atoms with van der Waals surface area (Å²) in [5.41, 5.74) is 1.94. The largest absolute Gasteiger partial charge is 0.357 e. The molecule has 3 nitrogen and oxygen atoms in total. The van der Waals surface area contributed by atoms with Gasteiger partial charge in [-0.1, -0.05) is 52.6 Å². The zero-order valence-electron chi connectivity index (χ0n) is 12.4. The van der Waals surface area contributed by atoms with Gasteiger partial charge in [-0.3, -0.25) is 0 Å². The van der Waals surface area contributed by atoms with Gasteiger partial charge in [0.2, 0.25) is 0 Å². The van der Waals surface area contributed by atoms with Crippen LogP contribution in [-0.4, -0.2) is 18.8 Å². The molecule has 0 bridgehead atoms. The molecular weight excluding hydrogens is 331 g/mol. The Morgan fingerprint density at radius 1 is 1.00 bits per heavy atom. The van der Waals surface area contributed by atoms with Gasteiger partial charge in [0.15, 0.2) is 5.75 Å². The molecule has 23 heavy (non-hydrogen) atoms. The average Bonchev–Trinajstić information content (AvgIpc) is 3.03. The molecule has 2 aromatic carbocycles. The van der Waals surface area contributed by atoms with Gasteiger partial charge in [0.25, 0.3) is 0 Å². The number of halogens is 2. The first-order valence-corrected chi connectivity index (χ1v) is 8.46. The van der Waals surface area contributed by atoms with Crippen LogP contribution in [0.2, 0.25) is 10.0 Å². The minimum absolute atomic E-state index is 0.428. The van der Waals surface area contributed by atoms with E-state index in [1.54, 1.807) is 0 Å². The van der Waals surface area contributed by atoms with Crippen LogP contribution >= 0.6 is 23.2 Å². The molecule has 2 aromatic rings. The summed E-state index contributed by atoms with van der Waals surface area (Å²) in [6.07, 6.45) is 0. The Bertz CT molecular complexity index is 738. The molecule has 5 heteroatoms. The Kier molecular flexibility index (Phi) is 4.02. The number of hydrogen-bond acceptors (Lipinski definition) is 3. The Balaban J connectivity index is 1.65. The first kappa shape index (κ1) is 15.0. The van der Waals surface area contributed by atoms with E-state index in [1.165, 1.54) is 0 Å². The molecule has 2 unspecified atom stereocenters. The van der Waals surface area contributed by atoms with Gasteiger partial charge in [-0.15, -0.1) is 0 Å². The quantitative estimate of drug-likeness (QED) is 0.663. The number of nitrogens with one attached hydrogen (secondary N) is 1. The van der Waals surface area contributed by atoms with Gasteiger partial charge in [0.1, 0.15) is 0 Å². The fraction of sp³-hybridized carbons (Fsp3) is 0.278. The number of para-hydroxylation sites is 1. The lowest BCUT2D eigenvalue weighted by Crippen LogP contribution is -2.20. The number of nitrogens with zero attached hydrogens (tertiary/aromatic N) is 1. The summed E-state index contributed by atoms with van der Waals surface area (Å²) >= 11 is 12.2. The van der Waals surface area contributed by atoms with E-state index in [1.807, 2.05) is 48.5 Å². The monoisotopic (exact) mass is 346 g/mol. The molecule has 1 aliphatic heterocycles. The summed E-state index contributed by atoms with van der Waals surface area (Å²) in [6.45, 7) is 2.09. The van der Waals surface area contributed by atoms with E-state index in [2.05, 4.69) is 10.5 Å². The zero-order valence-corrected chi connectivity index (χ0v) is 13.9. The van der Waals surface area contributed by atoms with E-state index in [0.717, 1.165) is 30.1 Å². The van der Waals surface area contributed by atoms with Crippen molar-refractivity contribution >= 4 is 28.9 Å². The van der Waals surface area contributed by atoms with Crippen LogP contribution in [0.3, 0.4) is 0 Å². The van der Waals surface area contributed by atoms with Gasteiger partial charge in [-0.05, 0) is 49.2 Å². The lowest BCUT2D eigenvalue weighted by Gasteiger charge is -2.10. The number of piperidine rings is 1. The highest BCUT2D eigenvalue weighted by Crippen LogP contribution is 2.50. The van der Waals surface area contributed by atoms with E-state index in [-0.39, 0.29) is 0 Å². The third-order valence-corrected chi connectivity index (χ3v) is 5.35. The molecule has 1 saturated heterocycles. The fourth-order valence-corrected chi connectivity index (χ4v) is 3.67. The molecule has 1 aliphatic carbocycles. The normalized spacial score (nSPS) is 26.0. The van der Waals surface area contributed by atoms with Crippen molar-refractivity contribution in [3.63, 3.8) is 0 Å². The maximum Gasteiger partial charge on any atom is 0.157 e. The van der Waals surface area contributed by atoms with Crippen LogP contribution in [0, 0.1) is 17.8 Å². The maximum atomic E-state index is 6.18. The van der Waals surface area contributed by atoms with Crippen molar-refractivity contribution in [1.82, 2.24) is 5.32 Å². The second-order valence-corrected chi connectivity index (χ2v) is 6.84. The lowest BCUT2D eigenvalue weighted by molar-refractivity contribution is 0.339. The lowest BCUT2D eigenvalue weighted by atomic mass is 10.0. The third-order valence-electron chi connectivity index (χ3n) is 4.62. The molecule has 1 saturated carbocycles. The number of fused-ring (bicyclic) bond motifs is 1. The topological polar surface area (TPSA) is 33.6 Å². The molecule has 1 N–H and O–H groups in total. The van der Waals surface area contributed by atoms with Crippen molar-refractivity contribution in [2.75, 3.05) is 13.1 Å². The molecule has 2 atom stereocenters. The minimum atomic E-state index is 0.428. The molecule has 0 spiro atoms. The number of rotatable bonds is 4. The highest BCUT2D eigenvalue weighted by molar-refractivity contribution is 6.42. The first-order chi connectivity index (χ1) is 11.2. The van der Waals surface area contributed by atoms with Crippen molar-refractivity contribution < 1.29 is 4.84 Å². The van der Waals surface area contributed by atoms with Crippen molar-refractivity contribution in [2.45, 2.75) is 0 Å².